The minimum absolute atomic E-state index is 0.504. The predicted molar refractivity (Wildman–Crippen MR) is 68.7 cm³/mol. The topological polar surface area (TPSA) is 33.6 Å². The Morgan fingerprint density at radius 3 is 2.71 bits per heavy atom. The van der Waals surface area contributed by atoms with E-state index < -0.39 is 5.62 Å². The molecule has 0 amide bonds. The van der Waals surface area contributed by atoms with Gasteiger partial charge in [0.15, 0.2) is 0 Å². The second kappa shape index (κ2) is 6.11. The smallest absolute Gasteiger partial charge is 0.210 e. The quantitative estimate of drug-likeness (QED) is 0.463. The van der Waals surface area contributed by atoms with E-state index in [-0.39, 0.29) is 0 Å². The van der Waals surface area contributed by atoms with Gasteiger partial charge in [0.2, 0.25) is 5.62 Å². The van der Waals surface area contributed by atoms with Crippen molar-refractivity contribution in [3.05, 3.63) is 0 Å². The van der Waals surface area contributed by atoms with Gasteiger partial charge in [-0.25, -0.2) is 0 Å². The Balaban J connectivity index is 2.34. The van der Waals surface area contributed by atoms with Crippen molar-refractivity contribution < 1.29 is 4.52 Å². The van der Waals surface area contributed by atoms with E-state index in [9.17, 15) is 0 Å². The molecule has 1 saturated carbocycles. The van der Waals surface area contributed by atoms with Gasteiger partial charge in [0.25, 0.3) is 0 Å². The molecule has 1 aliphatic carbocycles. The molecule has 1 rings (SSSR count). The van der Waals surface area contributed by atoms with Gasteiger partial charge in [-0.3, -0.25) is 4.99 Å². The molecule has 0 aromatic carbocycles. The van der Waals surface area contributed by atoms with E-state index in [0.717, 1.165) is 0 Å². The summed E-state index contributed by atoms with van der Waals surface area (Å²) in [6.07, 6.45) is 8.75. The zero-order chi connectivity index (χ0) is 10.4. The highest BCUT2D eigenvalue weighted by Gasteiger charge is 2.14. The van der Waals surface area contributed by atoms with Crippen molar-refractivity contribution in [3.8, 4) is 0 Å². The van der Waals surface area contributed by atoms with Crippen molar-refractivity contribution in [2.75, 3.05) is 13.4 Å². The van der Waals surface area contributed by atoms with Crippen LogP contribution in [0.5, 0.6) is 0 Å². The standard InChI is InChI=1S/C8H17N2OPS2/c1-11-12(13,14-2)10-7-9-8-5-3-4-6-8/h7-8H,3-6H2,1-2H3,(H,9,10,13). The molecule has 82 valence electrons. The molecule has 0 radical (unpaired) electrons. The van der Waals surface area contributed by atoms with Crippen molar-refractivity contribution in [1.29, 1.82) is 0 Å². The summed E-state index contributed by atoms with van der Waals surface area (Å²) in [6, 6.07) is 0.504. The number of rotatable bonds is 5. The first kappa shape index (κ1) is 12.5. The molecule has 1 aliphatic rings. The summed E-state index contributed by atoms with van der Waals surface area (Å²) in [6.45, 7) is 0. The Labute approximate surface area is 95.0 Å². The van der Waals surface area contributed by atoms with Gasteiger partial charge >= 0.3 is 0 Å². The lowest BCUT2D eigenvalue weighted by atomic mass is 10.3. The Hall–Kier alpha value is 0.430. The largest absolute Gasteiger partial charge is 0.330 e. The van der Waals surface area contributed by atoms with Crippen LogP contribution < -0.4 is 5.09 Å². The summed E-state index contributed by atoms with van der Waals surface area (Å²) in [5, 5.41) is 3.10. The van der Waals surface area contributed by atoms with Crippen molar-refractivity contribution in [2.45, 2.75) is 31.7 Å². The van der Waals surface area contributed by atoms with Crippen molar-refractivity contribution in [2.24, 2.45) is 4.99 Å². The summed E-state index contributed by atoms with van der Waals surface area (Å²) in [5.41, 5.74) is -1.89. The molecule has 14 heavy (non-hydrogen) atoms. The summed E-state index contributed by atoms with van der Waals surface area (Å²) >= 11 is 6.85. The first-order valence-corrected chi connectivity index (χ1v) is 9.26. The SMILES string of the molecule is COP(=S)(N/C=N/C1CCCC1)SC. The number of aliphatic imine (C=N–C) groups is 1. The molecule has 0 aliphatic heterocycles. The molecule has 6 heteroatoms. The lowest BCUT2D eigenvalue weighted by Crippen LogP contribution is -2.08. The molecule has 0 spiro atoms. The lowest BCUT2D eigenvalue weighted by molar-refractivity contribution is 0.467. The van der Waals surface area contributed by atoms with Crippen LogP contribution in [-0.4, -0.2) is 25.7 Å². The van der Waals surface area contributed by atoms with E-state index in [0.29, 0.717) is 6.04 Å². The van der Waals surface area contributed by atoms with E-state index in [2.05, 4.69) is 10.1 Å². The first-order chi connectivity index (χ1) is 6.70. The Morgan fingerprint density at radius 1 is 1.57 bits per heavy atom. The zero-order valence-electron chi connectivity index (χ0n) is 8.60. The fourth-order valence-electron chi connectivity index (χ4n) is 1.44. The number of nitrogens with one attached hydrogen (secondary N) is 1. The van der Waals surface area contributed by atoms with Crippen LogP contribution in [0.3, 0.4) is 0 Å². The van der Waals surface area contributed by atoms with Gasteiger partial charge in [-0.15, -0.1) is 0 Å². The Kier molecular flexibility index (Phi) is 5.45. The van der Waals surface area contributed by atoms with Gasteiger partial charge in [0.1, 0.15) is 0 Å². The first-order valence-electron chi connectivity index (χ1n) is 4.71. The van der Waals surface area contributed by atoms with E-state index in [1.54, 1.807) is 24.8 Å². The van der Waals surface area contributed by atoms with Crippen LogP contribution in [0.25, 0.3) is 0 Å². The highest BCUT2D eigenvalue weighted by atomic mass is 32.9. The van der Waals surface area contributed by atoms with Gasteiger partial charge in [-0.05, 0) is 30.9 Å². The summed E-state index contributed by atoms with van der Waals surface area (Å²) in [4.78, 5) is 4.44. The molecule has 1 atom stereocenters. The van der Waals surface area contributed by atoms with Gasteiger partial charge in [0.05, 0.1) is 12.4 Å². The van der Waals surface area contributed by atoms with Crippen LogP contribution in [0.2, 0.25) is 0 Å². The van der Waals surface area contributed by atoms with E-state index in [1.807, 2.05) is 6.26 Å². The average Bonchev–Trinajstić information content (AvgIpc) is 2.70. The van der Waals surface area contributed by atoms with Crippen LogP contribution in [0.15, 0.2) is 4.99 Å². The summed E-state index contributed by atoms with van der Waals surface area (Å²) in [7, 11) is 1.65. The van der Waals surface area contributed by atoms with Gasteiger partial charge in [-0.1, -0.05) is 24.2 Å². The highest BCUT2D eigenvalue weighted by molar-refractivity contribution is 8.68. The van der Waals surface area contributed by atoms with E-state index >= 15 is 0 Å². The third kappa shape index (κ3) is 3.89. The maximum Gasteiger partial charge on any atom is 0.210 e. The lowest BCUT2D eigenvalue weighted by Gasteiger charge is -2.16. The maximum absolute atomic E-state index is 5.29. The second-order valence-electron chi connectivity index (χ2n) is 3.21. The fraction of sp³-hybridized carbons (Fsp3) is 0.875. The highest BCUT2D eigenvalue weighted by Crippen LogP contribution is 2.53. The Morgan fingerprint density at radius 2 is 2.21 bits per heavy atom. The number of hydrogen-bond acceptors (Lipinski definition) is 4. The molecule has 1 fully saturated rings. The normalized spacial score (nSPS) is 22.7. The number of nitrogens with zero attached hydrogens (tertiary/aromatic N) is 1. The van der Waals surface area contributed by atoms with Crippen molar-refractivity contribution in [3.63, 3.8) is 0 Å². The molecule has 1 N–H and O–H groups in total. The molecule has 0 bridgehead atoms. The summed E-state index contributed by atoms with van der Waals surface area (Å²) in [5.74, 6) is 0. The van der Waals surface area contributed by atoms with Gasteiger partial charge < -0.3 is 9.61 Å². The molecule has 0 aromatic heterocycles. The zero-order valence-corrected chi connectivity index (χ0v) is 11.1. The number of hydrogen-bond donors (Lipinski definition) is 1. The molecular weight excluding hydrogens is 235 g/mol. The van der Waals surface area contributed by atoms with Crippen LogP contribution in [0.4, 0.5) is 0 Å². The monoisotopic (exact) mass is 252 g/mol. The molecule has 0 heterocycles. The third-order valence-electron chi connectivity index (χ3n) is 2.31. The molecule has 1 unspecified atom stereocenters. The molecule has 0 saturated heterocycles. The molecule has 0 aromatic rings. The fourth-order valence-corrected chi connectivity index (χ4v) is 3.06. The minimum atomic E-state index is -1.89. The molecular formula is C8H17N2OPS2. The van der Waals surface area contributed by atoms with E-state index in [4.69, 9.17) is 16.3 Å². The summed E-state index contributed by atoms with van der Waals surface area (Å²) < 4.78 is 5.24. The van der Waals surface area contributed by atoms with E-state index in [1.165, 1.54) is 25.7 Å². The average molecular weight is 252 g/mol. The third-order valence-corrected chi connectivity index (χ3v) is 8.01. The molecule has 3 nitrogen and oxygen atoms in total. The van der Waals surface area contributed by atoms with Crippen LogP contribution in [-0.2, 0) is 16.3 Å². The van der Waals surface area contributed by atoms with Gasteiger partial charge in [-0.2, -0.15) is 0 Å². The second-order valence-corrected chi connectivity index (χ2v) is 10.1. The van der Waals surface area contributed by atoms with Crippen LogP contribution in [0, 0.1) is 0 Å². The van der Waals surface area contributed by atoms with Crippen LogP contribution in [0.1, 0.15) is 25.7 Å². The maximum atomic E-state index is 5.29. The van der Waals surface area contributed by atoms with Crippen molar-refractivity contribution >= 4 is 35.1 Å². The minimum Gasteiger partial charge on any atom is -0.330 e. The van der Waals surface area contributed by atoms with Gasteiger partial charge in [0, 0.05) is 7.11 Å². The Bertz CT molecular complexity index is 233. The van der Waals surface area contributed by atoms with Crippen LogP contribution >= 0.6 is 17.0 Å². The van der Waals surface area contributed by atoms with Crippen molar-refractivity contribution in [1.82, 2.24) is 5.09 Å². The predicted octanol–water partition coefficient (Wildman–Crippen LogP) is 2.78.